The quantitative estimate of drug-likeness (QED) is 0.344. The average Bonchev–Trinajstić information content (AvgIpc) is 3.73. The highest BCUT2D eigenvalue weighted by atomic mass is 33.1. The van der Waals surface area contributed by atoms with Crippen LogP contribution in [0.4, 0.5) is 10.1 Å². The minimum absolute atomic E-state index is 0.208. The molecule has 50 heavy (non-hydrogen) atoms. The summed E-state index contributed by atoms with van der Waals surface area (Å²) in [4.78, 5) is 72.2. The fourth-order valence-electron chi connectivity index (χ4n) is 10.6. The van der Waals surface area contributed by atoms with Gasteiger partial charge in [-0.3, -0.25) is 28.9 Å². The first kappa shape index (κ1) is 31.6. The number of nitrogens with one attached hydrogen (secondary N) is 1. The second kappa shape index (κ2) is 9.08. The number of aliphatic hydroxyl groups excluding tert-OH is 1. The van der Waals surface area contributed by atoms with Gasteiger partial charge in [0.25, 0.3) is 23.6 Å². The molecule has 9 heterocycles. The Morgan fingerprint density at radius 2 is 1.48 bits per heavy atom. The van der Waals surface area contributed by atoms with Crippen molar-refractivity contribution in [1.82, 2.24) is 19.6 Å². The predicted molar refractivity (Wildman–Crippen MR) is 185 cm³/mol. The standard InChI is InChI=1S/C33H30FN5O7S4/c1-14(40)46-22-31(18-13-16(34)10-11-19(18)35-23(31)39-25(43)29(3)37(5)27(45)33(22,39)50-48-29)30-17-9-7-6-8-15(17)12-20(30)38-24(42)28(2)36(4)26(44)32(38,21(30)41)49-47-28/h6-11,13,20-23,35,41H,12H2,1-5H3/t20-,21-,22-,23+,28-,29-,30-,31+,32-,33-/m0/s1. The third-order valence-electron chi connectivity index (χ3n) is 12.8. The van der Waals surface area contributed by atoms with Crippen molar-refractivity contribution in [2.24, 2.45) is 0 Å². The monoisotopic (exact) mass is 755 g/mol. The molecule has 0 aromatic heterocycles. The van der Waals surface area contributed by atoms with Gasteiger partial charge in [-0.15, -0.1) is 0 Å². The van der Waals surface area contributed by atoms with Gasteiger partial charge in [0.2, 0.25) is 9.74 Å². The number of carbonyl (C=O) groups excluding carboxylic acids is 5. The van der Waals surface area contributed by atoms with Crippen LogP contribution < -0.4 is 5.32 Å². The number of nitrogens with zero attached hydrogens (tertiary/aromatic N) is 4. The summed E-state index contributed by atoms with van der Waals surface area (Å²) >= 11 is 0. The van der Waals surface area contributed by atoms with Crippen molar-refractivity contribution >= 4 is 78.5 Å². The molecule has 4 amide bonds. The second-order valence-electron chi connectivity index (χ2n) is 14.5. The molecular formula is C33H30FN5O7S4. The zero-order chi connectivity index (χ0) is 35.3. The smallest absolute Gasteiger partial charge is 0.303 e. The summed E-state index contributed by atoms with van der Waals surface area (Å²) < 4.78 is 22.2. The number of piperazine rings is 2. The molecule has 0 radical (unpaired) electrons. The maximum atomic E-state index is 15.8. The van der Waals surface area contributed by atoms with Crippen molar-refractivity contribution in [2.45, 2.75) is 81.9 Å². The van der Waals surface area contributed by atoms with Crippen molar-refractivity contribution in [2.75, 3.05) is 19.4 Å². The number of esters is 1. The number of carbonyl (C=O) groups is 5. The number of aliphatic hydroxyl groups is 1. The predicted octanol–water partition coefficient (Wildman–Crippen LogP) is 2.21. The second-order valence-corrected chi connectivity index (χ2v) is 20.0. The number of amides is 4. The molecule has 0 unspecified atom stereocenters. The Bertz CT molecular complexity index is 2070. The van der Waals surface area contributed by atoms with Gasteiger partial charge in [0, 0.05) is 26.7 Å². The summed E-state index contributed by atoms with van der Waals surface area (Å²) in [6, 6.07) is 10.5. The molecule has 260 valence electrons. The van der Waals surface area contributed by atoms with Crippen molar-refractivity contribution in [1.29, 1.82) is 0 Å². The number of hydrogen-bond donors (Lipinski definition) is 2. The molecule has 0 saturated carbocycles. The molecular weight excluding hydrogens is 726 g/mol. The SMILES string of the molecule is CC(=O)O[C@H]1[C@]2([C@@]34c5ccccc5C[C@@H]3N3C(=O)[C@]5(C)SS[C@]3(C(=O)N5C)[C@H]4O)c3cc(F)ccc3N[C@@H]2N2C(=O)[C@]3(C)SS[C@]12C(=O)N3C. The lowest BCUT2D eigenvalue weighted by atomic mass is 9.51. The van der Waals surface area contributed by atoms with E-state index in [1.807, 2.05) is 18.2 Å². The lowest BCUT2D eigenvalue weighted by Gasteiger charge is -2.58. The average molecular weight is 756 g/mol. The molecule has 9 aliphatic heterocycles. The number of rotatable bonds is 2. The van der Waals surface area contributed by atoms with E-state index in [9.17, 15) is 29.1 Å². The van der Waals surface area contributed by atoms with Gasteiger partial charge in [-0.1, -0.05) is 45.9 Å². The molecule has 10 atom stereocenters. The van der Waals surface area contributed by atoms with E-state index in [1.54, 1.807) is 27.0 Å². The van der Waals surface area contributed by atoms with Gasteiger partial charge in [-0.2, -0.15) is 0 Å². The fourth-order valence-corrected chi connectivity index (χ4v) is 17.7. The highest BCUT2D eigenvalue weighted by Crippen LogP contribution is 2.79. The number of likely N-dealkylation sites (N-methyl/N-ethyl adjacent to an activating group) is 2. The fraction of sp³-hybridized carbons (Fsp3) is 0.485. The van der Waals surface area contributed by atoms with E-state index in [2.05, 4.69) is 5.32 Å². The molecule has 1 aliphatic carbocycles. The van der Waals surface area contributed by atoms with E-state index >= 15 is 4.39 Å². The van der Waals surface area contributed by atoms with Crippen molar-refractivity contribution in [3.8, 4) is 0 Å². The minimum Gasteiger partial charge on any atom is -0.457 e. The number of benzene rings is 2. The zero-order valence-corrected chi connectivity index (χ0v) is 30.5. The van der Waals surface area contributed by atoms with Gasteiger partial charge in [0.15, 0.2) is 15.8 Å². The zero-order valence-electron chi connectivity index (χ0n) is 27.3. The van der Waals surface area contributed by atoms with E-state index < -0.39 is 84.2 Å². The molecule has 2 aromatic carbocycles. The van der Waals surface area contributed by atoms with E-state index in [0.29, 0.717) is 11.3 Å². The minimum atomic E-state index is -1.87. The van der Waals surface area contributed by atoms with Crippen LogP contribution in [0.15, 0.2) is 42.5 Å². The lowest BCUT2D eigenvalue weighted by molar-refractivity contribution is -0.172. The first-order valence-corrected chi connectivity index (χ1v) is 20.4. The van der Waals surface area contributed by atoms with Gasteiger partial charge in [-0.05, 0) is 76.7 Å². The highest BCUT2D eigenvalue weighted by Gasteiger charge is 2.93. The molecule has 2 N–H and O–H groups in total. The summed E-state index contributed by atoms with van der Waals surface area (Å²) in [5, 5.41) is 17.0. The third-order valence-corrected chi connectivity index (χ3v) is 20.1. The third kappa shape index (κ3) is 2.79. The van der Waals surface area contributed by atoms with Crippen molar-refractivity contribution in [3.63, 3.8) is 0 Å². The van der Waals surface area contributed by atoms with Crippen LogP contribution in [0.2, 0.25) is 0 Å². The van der Waals surface area contributed by atoms with E-state index in [4.69, 9.17) is 4.74 Å². The van der Waals surface area contributed by atoms with E-state index in [0.717, 1.165) is 27.2 Å². The van der Waals surface area contributed by atoms with Crippen LogP contribution in [0.1, 0.15) is 37.5 Å². The van der Waals surface area contributed by atoms with Crippen LogP contribution in [0.5, 0.6) is 0 Å². The summed E-state index contributed by atoms with van der Waals surface area (Å²) in [5.41, 5.74) is -1.50. The highest BCUT2D eigenvalue weighted by molar-refractivity contribution is 8.78. The number of ether oxygens (including phenoxy) is 1. The summed E-state index contributed by atoms with van der Waals surface area (Å²) in [5.74, 6) is -3.14. The number of halogens is 1. The Kier molecular flexibility index (Phi) is 5.74. The van der Waals surface area contributed by atoms with E-state index in [1.165, 1.54) is 73.4 Å². The first-order valence-electron chi connectivity index (χ1n) is 16.1. The summed E-state index contributed by atoms with van der Waals surface area (Å²) in [6.45, 7) is 4.55. The molecule has 4 bridgehead atoms. The van der Waals surface area contributed by atoms with Crippen LogP contribution in [0, 0.1) is 5.82 Å². The first-order chi connectivity index (χ1) is 23.6. The number of anilines is 1. The Hall–Kier alpha value is -3.12. The van der Waals surface area contributed by atoms with E-state index in [-0.39, 0.29) is 17.9 Å². The molecule has 8 saturated heterocycles. The van der Waals surface area contributed by atoms with Crippen LogP contribution >= 0.6 is 43.2 Å². The van der Waals surface area contributed by atoms with Crippen LogP contribution in [0.3, 0.4) is 0 Å². The largest absolute Gasteiger partial charge is 0.457 e. The van der Waals surface area contributed by atoms with Gasteiger partial charge in [-0.25, -0.2) is 4.39 Å². The summed E-state index contributed by atoms with van der Waals surface area (Å²) in [7, 11) is 7.70. The molecule has 12 rings (SSSR count). The normalized spacial score (nSPS) is 44.2. The molecule has 8 fully saturated rings. The van der Waals surface area contributed by atoms with Gasteiger partial charge in [0.1, 0.15) is 18.1 Å². The Morgan fingerprint density at radius 3 is 2.16 bits per heavy atom. The van der Waals surface area contributed by atoms with Crippen molar-refractivity contribution < 1.29 is 38.2 Å². The van der Waals surface area contributed by atoms with Crippen LogP contribution in [-0.2, 0) is 46.0 Å². The Morgan fingerprint density at radius 1 is 0.860 bits per heavy atom. The number of fused-ring (bicyclic) bond motifs is 11. The van der Waals surface area contributed by atoms with Crippen LogP contribution in [-0.4, -0.2) is 112 Å². The number of hydrogen-bond acceptors (Lipinski definition) is 12. The maximum absolute atomic E-state index is 15.8. The Balaban J connectivity index is 1.39. The molecule has 2 aromatic rings. The van der Waals surface area contributed by atoms with Gasteiger partial charge in [0.05, 0.1) is 16.9 Å². The molecule has 12 nitrogen and oxygen atoms in total. The molecule has 17 heteroatoms. The lowest BCUT2D eigenvalue weighted by Crippen LogP contribution is -2.77. The summed E-state index contributed by atoms with van der Waals surface area (Å²) in [6.07, 6.45) is -4.19. The Labute approximate surface area is 301 Å². The molecule has 10 aliphatic rings. The molecule has 2 spiro atoms. The maximum Gasteiger partial charge on any atom is 0.303 e. The van der Waals surface area contributed by atoms with Crippen molar-refractivity contribution in [3.05, 3.63) is 65.0 Å². The van der Waals surface area contributed by atoms with Gasteiger partial charge < -0.3 is 29.9 Å². The van der Waals surface area contributed by atoms with Crippen LogP contribution in [0.25, 0.3) is 0 Å². The van der Waals surface area contributed by atoms with Gasteiger partial charge >= 0.3 is 5.97 Å². The topological polar surface area (TPSA) is 140 Å².